The molecule has 0 radical (unpaired) electrons. The fourth-order valence-electron chi connectivity index (χ4n) is 6.14. The van der Waals surface area contributed by atoms with Gasteiger partial charge in [-0.3, -0.25) is 29.1 Å². The molecule has 4 rings (SSSR count). The van der Waals surface area contributed by atoms with Gasteiger partial charge in [-0.05, 0) is 36.5 Å². The molecule has 320 valence electrons. The molecule has 17 nitrogen and oxygen atoms in total. The summed E-state index contributed by atoms with van der Waals surface area (Å²) in [5, 5.41) is 7.38. The number of carbonyl (C=O) groups excluding carboxylic acids is 5. The average molecular weight is 842 g/mol. The molecule has 1 aromatic heterocycles. The highest BCUT2D eigenvalue weighted by molar-refractivity contribution is 7.89. The monoisotopic (exact) mass is 841 g/mol. The van der Waals surface area contributed by atoms with E-state index in [4.69, 9.17) is 33.2 Å². The Kier molecular flexibility index (Phi) is 15.9. The maximum atomic E-state index is 12.9. The van der Waals surface area contributed by atoms with Crippen molar-refractivity contribution in [2.45, 2.75) is 111 Å². The van der Waals surface area contributed by atoms with Crippen molar-refractivity contribution in [2.75, 3.05) is 12.4 Å². The fourth-order valence-corrected chi connectivity index (χ4v) is 7.43. The standard InChI is InChI=1S/C41H51N3O14S/c1-24(2)34-32(21-30-18-16-29(17-19-30)15-12-20-59(50,51)44-41(7,8)40(49)53-22-31-13-10-9-11-14-31)38(43-42-34)58-39-37(56-28(6)48)36(55-27(5)47)35(54-26(4)46)33(57-39)23-52-25(3)45/h9-19,24,33,35-37,39,44H,20-23H2,1-8H3,(H,42,43)/t33-,35-,36+,37-,39+/m1/s1. The third kappa shape index (κ3) is 13.8. The van der Waals surface area contributed by atoms with Crippen molar-refractivity contribution in [2.24, 2.45) is 0 Å². The number of rotatable bonds is 18. The van der Waals surface area contributed by atoms with Crippen LogP contribution >= 0.6 is 0 Å². The number of nitrogens with zero attached hydrogens (tertiary/aromatic N) is 1. The van der Waals surface area contributed by atoms with Crippen molar-refractivity contribution >= 4 is 45.9 Å². The number of benzene rings is 2. The lowest BCUT2D eigenvalue weighted by atomic mass is 9.97. The van der Waals surface area contributed by atoms with E-state index in [0.29, 0.717) is 17.5 Å². The Labute approximate surface area is 343 Å². The van der Waals surface area contributed by atoms with Crippen molar-refractivity contribution in [3.8, 4) is 5.88 Å². The van der Waals surface area contributed by atoms with E-state index in [-0.39, 0.29) is 18.4 Å². The smallest absolute Gasteiger partial charge is 0.327 e. The summed E-state index contributed by atoms with van der Waals surface area (Å²) in [6.07, 6.45) is -3.53. The Morgan fingerprint density at radius 2 is 1.44 bits per heavy atom. The van der Waals surface area contributed by atoms with E-state index in [0.717, 1.165) is 37.6 Å². The lowest BCUT2D eigenvalue weighted by molar-refractivity contribution is -0.289. The predicted octanol–water partition coefficient (Wildman–Crippen LogP) is 4.04. The molecule has 0 unspecified atom stereocenters. The summed E-state index contributed by atoms with van der Waals surface area (Å²) >= 11 is 0. The molecule has 0 spiro atoms. The zero-order chi connectivity index (χ0) is 43.5. The van der Waals surface area contributed by atoms with Gasteiger partial charge in [-0.15, -0.1) is 5.10 Å². The number of hydrogen-bond acceptors (Lipinski definition) is 15. The molecule has 2 aromatic carbocycles. The van der Waals surface area contributed by atoms with Crippen LogP contribution in [0.5, 0.6) is 5.88 Å². The van der Waals surface area contributed by atoms with Crippen LogP contribution in [0, 0.1) is 0 Å². The molecular weight excluding hydrogens is 791 g/mol. The number of aromatic amines is 1. The summed E-state index contributed by atoms with van der Waals surface area (Å²) in [5.41, 5.74) is 2.14. The van der Waals surface area contributed by atoms with Crippen LogP contribution in [-0.4, -0.2) is 97.1 Å². The second-order valence-corrected chi connectivity index (χ2v) is 16.4. The van der Waals surface area contributed by atoms with Crippen LogP contribution in [0.2, 0.25) is 0 Å². The Morgan fingerprint density at radius 1 is 0.831 bits per heavy atom. The first-order chi connectivity index (χ1) is 27.7. The number of hydrogen-bond donors (Lipinski definition) is 2. The van der Waals surface area contributed by atoms with Crippen molar-refractivity contribution in [3.05, 3.63) is 88.6 Å². The minimum atomic E-state index is -3.92. The van der Waals surface area contributed by atoms with E-state index in [1.165, 1.54) is 26.8 Å². The van der Waals surface area contributed by atoms with Crippen LogP contribution in [0.1, 0.15) is 89.3 Å². The second kappa shape index (κ2) is 20.4. The number of aromatic nitrogens is 2. The van der Waals surface area contributed by atoms with Crippen LogP contribution in [0.4, 0.5) is 0 Å². The van der Waals surface area contributed by atoms with Crippen LogP contribution in [0.25, 0.3) is 6.08 Å². The summed E-state index contributed by atoms with van der Waals surface area (Å²) in [5.74, 6) is -4.07. The molecule has 1 fully saturated rings. The normalized spacial score (nSPS) is 19.5. The maximum Gasteiger partial charge on any atom is 0.327 e. The second-order valence-electron chi connectivity index (χ2n) is 14.7. The Morgan fingerprint density at radius 3 is 2.03 bits per heavy atom. The van der Waals surface area contributed by atoms with Gasteiger partial charge in [0.2, 0.25) is 28.3 Å². The van der Waals surface area contributed by atoms with Crippen molar-refractivity contribution in [1.82, 2.24) is 14.9 Å². The molecule has 2 heterocycles. The quantitative estimate of drug-likeness (QED) is 0.136. The third-order valence-corrected chi connectivity index (χ3v) is 10.2. The summed E-state index contributed by atoms with van der Waals surface area (Å²) in [4.78, 5) is 61.1. The molecule has 5 atom stereocenters. The van der Waals surface area contributed by atoms with Gasteiger partial charge in [-0.25, -0.2) is 8.42 Å². The minimum absolute atomic E-state index is 0.0107. The highest BCUT2D eigenvalue weighted by Gasteiger charge is 2.53. The van der Waals surface area contributed by atoms with Gasteiger partial charge in [0.1, 0.15) is 24.9 Å². The molecule has 1 aliphatic rings. The first kappa shape index (κ1) is 46.1. The van der Waals surface area contributed by atoms with Gasteiger partial charge in [-0.2, -0.15) is 4.72 Å². The zero-order valence-corrected chi connectivity index (χ0v) is 35.0. The lowest BCUT2D eigenvalue weighted by Gasteiger charge is -2.43. The van der Waals surface area contributed by atoms with Crippen molar-refractivity contribution in [3.63, 3.8) is 0 Å². The zero-order valence-electron chi connectivity index (χ0n) is 34.2. The number of nitrogens with one attached hydrogen (secondary N) is 2. The number of sulfonamides is 1. The van der Waals surface area contributed by atoms with Crippen molar-refractivity contribution in [1.29, 1.82) is 0 Å². The molecule has 3 aromatic rings. The maximum absolute atomic E-state index is 12.9. The van der Waals surface area contributed by atoms with Crippen LogP contribution in [0.3, 0.4) is 0 Å². The van der Waals surface area contributed by atoms with E-state index >= 15 is 0 Å². The summed E-state index contributed by atoms with van der Waals surface area (Å²) in [6.45, 7) is 10.9. The molecule has 2 N–H and O–H groups in total. The van der Waals surface area contributed by atoms with Gasteiger partial charge in [-0.1, -0.05) is 80.6 Å². The molecule has 0 aliphatic carbocycles. The highest BCUT2D eigenvalue weighted by Crippen LogP contribution is 2.34. The number of H-pyrrole nitrogens is 1. The predicted molar refractivity (Wildman–Crippen MR) is 211 cm³/mol. The van der Waals surface area contributed by atoms with Crippen molar-refractivity contribution < 1.29 is 65.5 Å². The van der Waals surface area contributed by atoms with Crippen LogP contribution in [-0.2, 0) is 75.4 Å². The molecule has 18 heteroatoms. The summed E-state index contributed by atoms with van der Waals surface area (Å²) in [6, 6.07) is 16.3. The number of ether oxygens (including phenoxy) is 7. The van der Waals surface area contributed by atoms with E-state index in [1.54, 1.807) is 30.3 Å². The molecule has 0 amide bonds. The van der Waals surface area contributed by atoms with Gasteiger partial charge < -0.3 is 33.2 Å². The Balaban J connectivity index is 1.50. The van der Waals surface area contributed by atoms with Gasteiger partial charge >= 0.3 is 29.8 Å². The van der Waals surface area contributed by atoms with Crippen LogP contribution < -0.4 is 9.46 Å². The molecule has 59 heavy (non-hydrogen) atoms. The molecule has 0 saturated carbocycles. The Bertz CT molecular complexity index is 2080. The van der Waals surface area contributed by atoms with Gasteiger partial charge in [0.25, 0.3) is 0 Å². The number of esters is 5. The average Bonchev–Trinajstić information content (AvgIpc) is 3.54. The molecule has 0 bridgehead atoms. The molecule has 1 aliphatic heterocycles. The molecule has 1 saturated heterocycles. The first-order valence-electron chi connectivity index (χ1n) is 18.8. The Hall–Kier alpha value is -5.59. The first-order valence-corrected chi connectivity index (χ1v) is 20.4. The van der Waals surface area contributed by atoms with E-state index in [2.05, 4.69) is 14.9 Å². The lowest BCUT2D eigenvalue weighted by Crippen LogP contribution is -2.63. The fraction of sp³-hybridized carbons (Fsp3) is 0.463. The van der Waals surface area contributed by atoms with Gasteiger partial charge in [0, 0.05) is 45.4 Å². The largest absolute Gasteiger partial charge is 0.463 e. The van der Waals surface area contributed by atoms with Gasteiger partial charge in [0.15, 0.2) is 12.2 Å². The number of carbonyl (C=O) groups is 5. The van der Waals surface area contributed by atoms with Gasteiger partial charge in [0.05, 0.1) is 5.75 Å². The SMILES string of the molecule is CC(=O)OC[C@H]1O[C@@H](Oc2n[nH]c(C(C)C)c2Cc2ccc(C=CCS(=O)(=O)NC(C)(C)C(=O)OCc3ccccc3)cc2)[C@H](OC(C)=O)[C@@H](OC(C)=O)[C@@H]1OC(C)=O. The summed E-state index contributed by atoms with van der Waals surface area (Å²) < 4.78 is 67.6. The highest BCUT2D eigenvalue weighted by atomic mass is 32.2. The van der Waals surface area contributed by atoms with E-state index < -0.39 is 88.5 Å². The molecular formula is C41H51N3O14S. The van der Waals surface area contributed by atoms with Crippen LogP contribution in [0.15, 0.2) is 60.7 Å². The minimum Gasteiger partial charge on any atom is -0.463 e. The topological polar surface area (TPSA) is 225 Å². The van der Waals surface area contributed by atoms with E-state index in [1.807, 2.05) is 44.2 Å². The summed E-state index contributed by atoms with van der Waals surface area (Å²) in [7, 11) is -3.92. The third-order valence-electron chi connectivity index (χ3n) is 8.73. The van der Waals surface area contributed by atoms with E-state index in [9.17, 15) is 32.4 Å².